The minimum absolute atomic E-state index is 0.0186. The summed E-state index contributed by atoms with van der Waals surface area (Å²) in [5, 5.41) is 12.6. The lowest BCUT2D eigenvalue weighted by molar-refractivity contribution is 0.281. The van der Waals surface area contributed by atoms with Gasteiger partial charge in [-0.1, -0.05) is 47.5 Å². The maximum atomic E-state index is 9.39. The predicted octanol–water partition coefficient (Wildman–Crippen LogP) is 5.04. The van der Waals surface area contributed by atoms with E-state index in [1.54, 1.807) is 6.20 Å². The van der Waals surface area contributed by atoms with Gasteiger partial charge in [-0.2, -0.15) is 0 Å². The molecule has 4 aromatic rings. The number of nitrogens with zero attached hydrogens (tertiary/aromatic N) is 2. The summed E-state index contributed by atoms with van der Waals surface area (Å²) in [6.45, 7) is 0.627. The zero-order chi connectivity index (χ0) is 16.7. The Balaban J connectivity index is 1.93. The van der Waals surface area contributed by atoms with Gasteiger partial charge in [-0.3, -0.25) is 0 Å². The van der Waals surface area contributed by atoms with Crippen LogP contribution in [0.2, 0.25) is 10.0 Å². The van der Waals surface area contributed by atoms with Crippen molar-refractivity contribution < 1.29 is 5.11 Å². The maximum Gasteiger partial charge on any atom is 0.141 e. The van der Waals surface area contributed by atoms with E-state index in [2.05, 4.69) is 21.7 Å². The number of benzene rings is 2. The fourth-order valence-corrected chi connectivity index (χ4v) is 3.35. The van der Waals surface area contributed by atoms with Gasteiger partial charge in [-0.15, -0.1) is 0 Å². The monoisotopic (exact) mass is 356 g/mol. The van der Waals surface area contributed by atoms with E-state index in [0.29, 0.717) is 16.6 Å². The van der Waals surface area contributed by atoms with E-state index in [-0.39, 0.29) is 6.61 Å². The molecule has 24 heavy (non-hydrogen) atoms. The van der Waals surface area contributed by atoms with Crippen molar-refractivity contribution in [3.63, 3.8) is 0 Å². The molecule has 120 valence electrons. The van der Waals surface area contributed by atoms with Crippen molar-refractivity contribution >= 4 is 45.1 Å². The number of rotatable bonds is 3. The lowest BCUT2D eigenvalue weighted by Gasteiger charge is -2.08. The molecule has 0 saturated heterocycles. The number of aliphatic hydroxyl groups excluding tert-OH is 1. The molecule has 2 heterocycles. The summed E-state index contributed by atoms with van der Waals surface area (Å²) in [6.07, 6.45) is 1.71. The zero-order valence-electron chi connectivity index (χ0n) is 12.7. The van der Waals surface area contributed by atoms with E-state index >= 15 is 0 Å². The van der Waals surface area contributed by atoms with E-state index in [9.17, 15) is 5.11 Å². The number of aromatic nitrogens is 2. The fraction of sp³-hybridized carbons (Fsp3) is 0.105. The Labute approximate surface area is 149 Å². The third kappa shape index (κ3) is 2.55. The molecule has 0 aliphatic heterocycles. The lowest BCUT2D eigenvalue weighted by atomic mass is 10.1. The summed E-state index contributed by atoms with van der Waals surface area (Å²) in [6, 6.07) is 15.8. The van der Waals surface area contributed by atoms with Crippen LogP contribution in [-0.4, -0.2) is 14.7 Å². The van der Waals surface area contributed by atoms with Crippen molar-refractivity contribution in [3.8, 4) is 0 Å². The summed E-state index contributed by atoms with van der Waals surface area (Å²) >= 11 is 12.2. The van der Waals surface area contributed by atoms with Gasteiger partial charge < -0.3 is 9.67 Å². The minimum Gasteiger partial charge on any atom is -0.392 e. The van der Waals surface area contributed by atoms with E-state index in [1.807, 2.05) is 36.4 Å². The van der Waals surface area contributed by atoms with Crippen LogP contribution in [0, 0.1) is 0 Å². The fourth-order valence-electron chi connectivity index (χ4n) is 3.03. The molecule has 0 aliphatic rings. The van der Waals surface area contributed by atoms with Crippen LogP contribution in [0.5, 0.6) is 0 Å². The van der Waals surface area contributed by atoms with Crippen LogP contribution in [0.1, 0.15) is 11.1 Å². The molecule has 0 saturated carbocycles. The number of fused-ring (bicyclic) bond motifs is 3. The van der Waals surface area contributed by atoms with E-state index in [1.165, 1.54) is 0 Å². The summed E-state index contributed by atoms with van der Waals surface area (Å²) in [4.78, 5) is 4.57. The van der Waals surface area contributed by atoms with E-state index in [0.717, 1.165) is 33.1 Å². The van der Waals surface area contributed by atoms with E-state index < -0.39 is 0 Å². The van der Waals surface area contributed by atoms with Crippen molar-refractivity contribution in [2.24, 2.45) is 0 Å². The second-order valence-corrected chi connectivity index (χ2v) is 6.54. The molecule has 0 radical (unpaired) electrons. The van der Waals surface area contributed by atoms with Crippen LogP contribution in [0.25, 0.3) is 21.9 Å². The molecule has 2 aromatic carbocycles. The Morgan fingerprint density at radius 3 is 2.54 bits per heavy atom. The number of hydrogen-bond donors (Lipinski definition) is 1. The zero-order valence-corrected chi connectivity index (χ0v) is 14.2. The third-order valence-electron chi connectivity index (χ3n) is 4.17. The summed E-state index contributed by atoms with van der Waals surface area (Å²) in [5.41, 5.74) is 3.85. The van der Waals surface area contributed by atoms with Crippen LogP contribution in [0.15, 0.2) is 54.7 Å². The van der Waals surface area contributed by atoms with Crippen molar-refractivity contribution in [1.29, 1.82) is 0 Å². The first-order chi connectivity index (χ1) is 11.7. The summed E-state index contributed by atoms with van der Waals surface area (Å²) < 4.78 is 2.16. The largest absolute Gasteiger partial charge is 0.392 e. The van der Waals surface area contributed by atoms with Gasteiger partial charge in [-0.25, -0.2) is 4.98 Å². The average molecular weight is 357 g/mol. The number of pyridine rings is 1. The van der Waals surface area contributed by atoms with Crippen LogP contribution in [0.3, 0.4) is 0 Å². The van der Waals surface area contributed by atoms with Crippen molar-refractivity contribution in [1.82, 2.24) is 9.55 Å². The average Bonchev–Trinajstić information content (AvgIpc) is 2.92. The van der Waals surface area contributed by atoms with Crippen molar-refractivity contribution in [2.45, 2.75) is 13.2 Å². The molecule has 0 spiro atoms. The smallest absolute Gasteiger partial charge is 0.141 e. The molecule has 0 bridgehead atoms. The second-order valence-electron chi connectivity index (χ2n) is 5.72. The second kappa shape index (κ2) is 6.10. The highest BCUT2D eigenvalue weighted by Crippen LogP contribution is 2.30. The van der Waals surface area contributed by atoms with Crippen molar-refractivity contribution in [3.05, 3.63) is 75.9 Å². The predicted molar refractivity (Wildman–Crippen MR) is 98.7 cm³/mol. The number of para-hydroxylation sites is 1. The normalized spacial score (nSPS) is 11.5. The molecule has 4 rings (SSSR count). The third-order valence-corrected chi connectivity index (χ3v) is 4.91. The summed E-state index contributed by atoms with van der Waals surface area (Å²) in [5.74, 6) is 0. The molecule has 0 amide bonds. The highest BCUT2D eigenvalue weighted by molar-refractivity contribution is 6.42. The van der Waals surface area contributed by atoms with Gasteiger partial charge in [-0.05, 0) is 35.4 Å². The first kappa shape index (κ1) is 15.5. The van der Waals surface area contributed by atoms with Gasteiger partial charge in [0.25, 0.3) is 0 Å². The lowest BCUT2D eigenvalue weighted by Crippen LogP contribution is -2.01. The van der Waals surface area contributed by atoms with Crippen LogP contribution in [0.4, 0.5) is 0 Å². The Kier molecular flexibility index (Phi) is 3.93. The number of halogens is 2. The molecular formula is C19H14Cl2N2O. The van der Waals surface area contributed by atoms with Crippen LogP contribution >= 0.6 is 23.2 Å². The number of hydrogen-bond acceptors (Lipinski definition) is 2. The van der Waals surface area contributed by atoms with Gasteiger partial charge in [0.2, 0.25) is 0 Å². The quantitative estimate of drug-likeness (QED) is 0.558. The minimum atomic E-state index is -0.0186. The molecule has 3 nitrogen and oxygen atoms in total. The summed E-state index contributed by atoms with van der Waals surface area (Å²) in [7, 11) is 0. The highest BCUT2D eigenvalue weighted by atomic mass is 35.5. The Morgan fingerprint density at radius 1 is 0.917 bits per heavy atom. The van der Waals surface area contributed by atoms with Gasteiger partial charge in [0.05, 0.1) is 22.2 Å². The number of aliphatic hydroxyl groups is 1. The molecule has 1 N–H and O–H groups in total. The van der Waals surface area contributed by atoms with Crippen LogP contribution in [-0.2, 0) is 13.2 Å². The molecule has 0 unspecified atom stereocenters. The first-order valence-corrected chi connectivity index (χ1v) is 8.33. The Hall–Kier alpha value is -2.07. The van der Waals surface area contributed by atoms with Crippen LogP contribution < -0.4 is 0 Å². The Bertz CT molecular complexity index is 1060. The highest BCUT2D eigenvalue weighted by Gasteiger charge is 2.13. The molecule has 5 heteroatoms. The van der Waals surface area contributed by atoms with E-state index in [4.69, 9.17) is 23.2 Å². The molecule has 0 aliphatic carbocycles. The molecule has 2 aromatic heterocycles. The van der Waals surface area contributed by atoms with Crippen molar-refractivity contribution in [2.75, 3.05) is 0 Å². The maximum absolute atomic E-state index is 9.39. The topological polar surface area (TPSA) is 38.1 Å². The van der Waals surface area contributed by atoms with Gasteiger partial charge in [0.15, 0.2) is 0 Å². The van der Waals surface area contributed by atoms with Gasteiger partial charge in [0, 0.05) is 23.5 Å². The Morgan fingerprint density at radius 2 is 1.75 bits per heavy atom. The molecular weight excluding hydrogens is 343 g/mol. The SMILES string of the molecule is OCc1cnc2c(c1)c1ccccc1n2Cc1ccc(Cl)c(Cl)c1. The standard InChI is InChI=1S/C19H14Cl2N2O/c20-16-6-5-12(8-17(16)21)10-23-18-4-2-1-3-14(18)15-7-13(11-24)9-22-19(15)23/h1-9,24H,10-11H2. The molecule has 0 atom stereocenters. The molecule has 0 fully saturated rings. The first-order valence-electron chi connectivity index (χ1n) is 7.58. The van der Waals surface area contributed by atoms with Gasteiger partial charge >= 0.3 is 0 Å². The van der Waals surface area contributed by atoms with Gasteiger partial charge in [0.1, 0.15) is 5.65 Å².